The van der Waals surface area contributed by atoms with Crippen LogP contribution in [-0.2, 0) is 28.7 Å². The minimum Gasteiger partial charge on any atom is -0.406 e. The van der Waals surface area contributed by atoms with Gasteiger partial charge in [-0.1, -0.05) is 31.2 Å². The monoisotopic (exact) mass is 462 g/mol. The highest BCUT2D eigenvalue weighted by Gasteiger charge is 2.31. The molecule has 0 aromatic heterocycles. The van der Waals surface area contributed by atoms with Crippen molar-refractivity contribution in [2.24, 2.45) is 0 Å². The molecule has 0 aliphatic rings. The summed E-state index contributed by atoms with van der Waals surface area (Å²) in [5.41, 5.74) is 0.0453. The molecule has 2 N–H and O–H groups in total. The Hall–Kier alpha value is -3.24. The molecule has 0 saturated carbocycles. The van der Waals surface area contributed by atoms with Crippen LogP contribution in [0.4, 0.5) is 26.3 Å². The van der Waals surface area contributed by atoms with Gasteiger partial charge in [0.2, 0.25) is 11.8 Å². The first-order valence-corrected chi connectivity index (χ1v) is 9.45. The van der Waals surface area contributed by atoms with E-state index in [1.165, 1.54) is 24.3 Å². The number of ether oxygens (including phenoxy) is 1. The molecule has 0 saturated heterocycles. The summed E-state index contributed by atoms with van der Waals surface area (Å²) < 4.78 is 78.5. The summed E-state index contributed by atoms with van der Waals surface area (Å²) >= 11 is 0. The smallest absolute Gasteiger partial charge is 0.406 e. The molecule has 0 heterocycles. The minimum atomic E-state index is -4.82. The third-order valence-corrected chi connectivity index (χ3v) is 4.32. The molecule has 0 aliphatic carbocycles. The maximum absolute atomic E-state index is 12.7. The molecule has 2 rings (SSSR count). The van der Waals surface area contributed by atoms with E-state index in [0.717, 1.165) is 24.3 Å². The Morgan fingerprint density at radius 1 is 0.906 bits per heavy atom. The number of carbonyl (C=O) groups excluding carboxylic acids is 2. The van der Waals surface area contributed by atoms with Gasteiger partial charge in [-0.05, 0) is 35.4 Å². The Morgan fingerprint density at radius 3 is 1.97 bits per heavy atom. The fourth-order valence-electron chi connectivity index (χ4n) is 2.69. The van der Waals surface area contributed by atoms with Crippen LogP contribution < -0.4 is 15.4 Å². The van der Waals surface area contributed by atoms with Gasteiger partial charge >= 0.3 is 12.5 Å². The first-order chi connectivity index (χ1) is 14.9. The maximum Gasteiger partial charge on any atom is 0.573 e. The molecule has 32 heavy (non-hydrogen) atoms. The van der Waals surface area contributed by atoms with Crippen molar-refractivity contribution in [2.75, 3.05) is 0 Å². The van der Waals surface area contributed by atoms with Gasteiger partial charge in [-0.3, -0.25) is 9.59 Å². The third-order valence-electron chi connectivity index (χ3n) is 4.32. The van der Waals surface area contributed by atoms with E-state index >= 15 is 0 Å². The Kier molecular flexibility index (Phi) is 8.12. The van der Waals surface area contributed by atoms with E-state index in [0.29, 0.717) is 11.1 Å². The molecular weight excluding hydrogens is 442 g/mol. The van der Waals surface area contributed by atoms with E-state index in [-0.39, 0.29) is 19.4 Å². The van der Waals surface area contributed by atoms with Crippen molar-refractivity contribution in [3.05, 3.63) is 65.2 Å². The van der Waals surface area contributed by atoms with Crippen molar-refractivity contribution in [1.29, 1.82) is 0 Å². The molecule has 11 heteroatoms. The summed E-state index contributed by atoms with van der Waals surface area (Å²) in [6, 6.07) is 8.01. The lowest BCUT2D eigenvalue weighted by Gasteiger charge is -2.19. The number of rotatable bonds is 8. The van der Waals surface area contributed by atoms with Crippen LogP contribution in [0.3, 0.4) is 0 Å². The largest absolute Gasteiger partial charge is 0.573 e. The molecule has 0 radical (unpaired) electrons. The van der Waals surface area contributed by atoms with Crippen LogP contribution in [0.5, 0.6) is 5.75 Å². The molecular formula is C21H20F6N2O3. The van der Waals surface area contributed by atoms with E-state index in [9.17, 15) is 35.9 Å². The van der Waals surface area contributed by atoms with Gasteiger partial charge in [-0.2, -0.15) is 13.2 Å². The van der Waals surface area contributed by atoms with Crippen molar-refractivity contribution in [3.63, 3.8) is 0 Å². The van der Waals surface area contributed by atoms with Crippen LogP contribution in [0.1, 0.15) is 30.0 Å². The maximum atomic E-state index is 12.7. The van der Waals surface area contributed by atoms with Crippen LogP contribution in [0.15, 0.2) is 48.5 Å². The van der Waals surface area contributed by atoms with E-state index in [2.05, 4.69) is 15.4 Å². The second kappa shape index (κ2) is 10.4. The lowest BCUT2D eigenvalue weighted by atomic mass is 10.0. The van der Waals surface area contributed by atoms with Gasteiger partial charge < -0.3 is 15.4 Å². The third kappa shape index (κ3) is 8.12. The molecule has 0 bridgehead atoms. The van der Waals surface area contributed by atoms with Gasteiger partial charge in [0.05, 0.1) is 5.56 Å². The molecule has 0 fully saturated rings. The number of alkyl halides is 6. The number of hydrogen-bond acceptors (Lipinski definition) is 3. The fourth-order valence-corrected chi connectivity index (χ4v) is 2.69. The van der Waals surface area contributed by atoms with Gasteiger partial charge in [0.1, 0.15) is 11.8 Å². The topological polar surface area (TPSA) is 67.4 Å². The Bertz CT molecular complexity index is 909. The molecule has 0 spiro atoms. The number of benzene rings is 2. The Morgan fingerprint density at radius 2 is 1.47 bits per heavy atom. The first kappa shape index (κ1) is 25.0. The molecule has 0 aliphatic heterocycles. The summed E-state index contributed by atoms with van der Waals surface area (Å²) in [6.07, 6.45) is -9.27. The summed E-state index contributed by atoms with van der Waals surface area (Å²) in [6.45, 7) is 1.53. The van der Waals surface area contributed by atoms with Crippen LogP contribution in [0.2, 0.25) is 0 Å². The zero-order valence-electron chi connectivity index (χ0n) is 16.8. The van der Waals surface area contributed by atoms with E-state index < -0.39 is 41.7 Å². The van der Waals surface area contributed by atoms with Gasteiger partial charge in [-0.25, -0.2) is 0 Å². The number of amides is 2. The highest BCUT2D eigenvalue weighted by molar-refractivity contribution is 5.87. The van der Waals surface area contributed by atoms with Gasteiger partial charge in [-0.15, -0.1) is 13.2 Å². The van der Waals surface area contributed by atoms with Crippen molar-refractivity contribution in [2.45, 2.75) is 44.9 Å². The van der Waals surface area contributed by atoms with Crippen LogP contribution in [-0.4, -0.2) is 24.2 Å². The normalized spacial score (nSPS) is 12.7. The molecule has 2 amide bonds. The number of carbonyl (C=O) groups is 2. The number of halogens is 6. The van der Waals surface area contributed by atoms with Crippen molar-refractivity contribution < 1.29 is 40.7 Å². The Balaban J connectivity index is 2.03. The van der Waals surface area contributed by atoms with Gasteiger partial charge in [0.15, 0.2) is 0 Å². The van der Waals surface area contributed by atoms with E-state index in [4.69, 9.17) is 0 Å². The fraction of sp³-hybridized carbons (Fsp3) is 0.333. The lowest BCUT2D eigenvalue weighted by Crippen LogP contribution is -2.47. The van der Waals surface area contributed by atoms with Gasteiger partial charge in [0.25, 0.3) is 0 Å². The molecule has 2 aromatic carbocycles. The number of nitrogens with one attached hydrogen (secondary N) is 2. The van der Waals surface area contributed by atoms with Gasteiger partial charge in [0, 0.05) is 19.4 Å². The van der Waals surface area contributed by atoms with Crippen molar-refractivity contribution in [1.82, 2.24) is 10.6 Å². The number of hydrogen-bond donors (Lipinski definition) is 2. The highest BCUT2D eigenvalue weighted by atomic mass is 19.4. The summed E-state index contributed by atoms with van der Waals surface area (Å²) in [7, 11) is 0. The Labute approximate surface area is 179 Å². The highest BCUT2D eigenvalue weighted by Crippen LogP contribution is 2.29. The first-order valence-electron chi connectivity index (χ1n) is 9.45. The molecule has 174 valence electrons. The van der Waals surface area contributed by atoms with Crippen LogP contribution in [0, 0.1) is 0 Å². The second-order valence-electron chi connectivity index (χ2n) is 6.78. The molecule has 2 aromatic rings. The predicted octanol–water partition coefficient (Wildman–Crippen LogP) is 4.36. The quantitative estimate of drug-likeness (QED) is 0.573. The average Bonchev–Trinajstić information content (AvgIpc) is 2.71. The molecule has 5 nitrogen and oxygen atoms in total. The standard InChI is InChI=1S/C21H20F6N2O3/c1-2-18(30)29-17(11-13-3-7-15(8-4-13)20(22,23)24)19(31)28-12-14-5-9-16(10-6-14)32-21(25,26)27/h3-10,17H,2,11-12H2,1H3,(H,28,31)(H,29,30). The molecule has 1 atom stereocenters. The zero-order valence-corrected chi connectivity index (χ0v) is 16.8. The van der Waals surface area contributed by atoms with Crippen LogP contribution >= 0.6 is 0 Å². The minimum absolute atomic E-state index is 0.0450. The van der Waals surface area contributed by atoms with E-state index in [1.54, 1.807) is 6.92 Å². The zero-order chi connectivity index (χ0) is 23.9. The SMILES string of the molecule is CCC(=O)NC(Cc1ccc(C(F)(F)F)cc1)C(=O)NCc1ccc(OC(F)(F)F)cc1. The lowest BCUT2D eigenvalue weighted by molar-refractivity contribution is -0.274. The van der Waals surface area contributed by atoms with Crippen molar-refractivity contribution in [3.8, 4) is 5.75 Å². The summed E-state index contributed by atoms with van der Waals surface area (Å²) in [5.74, 6) is -1.43. The van der Waals surface area contributed by atoms with Crippen molar-refractivity contribution >= 4 is 11.8 Å². The van der Waals surface area contributed by atoms with E-state index in [1.807, 2.05) is 0 Å². The summed E-state index contributed by atoms with van der Waals surface area (Å²) in [5, 5.41) is 5.07. The second-order valence-corrected chi connectivity index (χ2v) is 6.78. The average molecular weight is 462 g/mol. The summed E-state index contributed by atoms with van der Waals surface area (Å²) in [4.78, 5) is 24.4. The predicted molar refractivity (Wildman–Crippen MR) is 102 cm³/mol. The molecule has 1 unspecified atom stereocenters. The van der Waals surface area contributed by atoms with Crippen LogP contribution in [0.25, 0.3) is 0 Å².